The number of hydrogen-bond donors (Lipinski definition) is 1. The van der Waals surface area contributed by atoms with E-state index in [1.807, 2.05) is 13.0 Å². The van der Waals surface area contributed by atoms with Gasteiger partial charge in [-0.2, -0.15) is 0 Å². The Hall–Kier alpha value is -1.09. The van der Waals surface area contributed by atoms with Crippen LogP contribution in [0.4, 0.5) is 4.39 Å². The highest BCUT2D eigenvalue weighted by Gasteiger charge is 2.02. The van der Waals surface area contributed by atoms with Gasteiger partial charge in [0, 0.05) is 0 Å². The smallest absolute Gasteiger partial charge is 0.165 e. The Morgan fingerprint density at radius 1 is 1.19 bits per heavy atom. The summed E-state index contributed by atoms with van der Waals surface area (Å²) in [5.41, 5.74) is 6.30. The minimum absolute atomic E-state index is 0.276. The van der Waals surface area contributed by atoms with Gasteiger partial charge in [0.25, 0.3) is 0 Å². The molecule has 0 fully saturated rings. The third kappa shape index (κ3) is 4.62. The summed E-state index contributed by atoms with van der Waals surface area (Å²) in [4.78, 5) is 0. The van der Waals surface area contributed by atoms with Gasteiger partial charge < -0.3 is 10.5 Å². The second-order valence-corrected chi connectivity index (χ2v) is 3.99. The van der Waals surface area contributed by atoms with Crippen LogP contribution in [0.3, 0.4) is 0 Å². The van der Waals surface area contributed by atoms with E-state index in [-0.39, 0.29) is 5.82 Å². The van der Waals surface area contributed by atoms with E-state index in [4.69, 9.17) is 10.5 Å². The largest absolute Gasteiger partial charge is 0.491 e. The summed E-state index contributed by atoms with van der Waals surface area (Å²) in [6.45, 7) is 3.18. The summed E-state index contributed by atoms with van der Waals surface area (Å²) in [6.07, 6.45) is 4.22. The number of rotatable bonds is 7. The monoisotopic (exact) mass is 225 g/mol. The molecule has 0 heterocycles. The summed E-state index contributed by atoms with van der Waals surface area (Å²) < 4.78 is 18.7. The molecule has 2 nitrogen and oxygen atoms in total. The molecule has 0 aliphatic carbocycles. The van der Waals surface area contributed by atoms with Crippen LogP contribution in [-0.4, -0.2) is 13.2 Å². The Bertz CT molecular complexity index is 315. The van der Waals surface area contributed by atoms with Crippen molar-refractivity contribution in [3.05, 3.63) is 29.6 Å². The van der Waals surface area contributed by atoms with E-state index in [2.05, 4.69) is 0 Å². The number of benzene rings is 1. The van der Waals surface area contributed by atoms with Gasteiger partial charge in [0.05, 0.1) is 6.61 Å². The quantitative estimate of drug-likeness (QED) is 0.724. The van der Waals surface area contributed by atoms with Crippen LogP contribution in [0.2, 0.25) is 0 Å². The number of aryl methyl sites for hydroxylation is 1. The highest BCUT2D eigenvalue weighted by atomic mass is 19.1. The molecule has 0 aliphatic rings. The summed E-state index contributed by atoms with van der Waals surface area (Å²) >= 11 is 0. The van der Waals surface area contributed by atoms with Gasteiger partial charge in [-0.3, -0.25) is 0 Å². The molecule has 0 saturated carbocycles. The molecule has 0 spiro atoms. The Kier molecular flexibility index (Phi) is 5.86. The van der Waals surface area contributed by atoms with Crippen molar-refractivity contribution in [3.8, 4) is 5.75 Å². The summed E-state index contributed by atoms with van der Waals surface area (Å²) in [5, 5.41) is 0. The zero-order chi connectivity index (χ0) is 11.8. The van der Waals surface area contributed by atoms with Gasteiger partial charge >= 0.3 is 0 Å². The predicted octanol–water partition coefficient (Wildman–Crippen LogP) is 3.03. The molecule has 1 aromatic rings. The lowest BCUT2D eigenvalue weighted by molar-refractivity contribution is 0.290. The molecular formula is C13H20FNO. The molecule has 1 aromatic carbocycles. The Labute approximate surface area is 96.6 Å². The fraction of sp³-hybridized carbons (Fsp3) is 0.538. The molecule has 2 N–H and O–H groups in total. The minimum Gasteiger partial charge on any atom is -0.491 e. The molecule has 0 unspecified atom stereocenters. The normalized spacial score (nSPS) is 10.4. The van der Waals surface area contributed by atoms with Crippen LogP contribution in [0, 0.1) is 12.7 Å². The van der Waals surface area contributed by atoms with Crippen LogP contribution in [-0.2, 0) is 0 Å². The number of hydrogen-bond acceptors (Lipinski definition) is 2. The van der Waals surface area contributed by atoms with Crippen molar-refractivity contribution < 1.29 is 9.13 Å². The number of halogens is 1. The third-order valence-corrected chi connectivity index (χ3v) is 2.44. The van der Waals surface area contributed by atoms with Crippen LogP contribution in [0.15, 0.2) is 18.2 Å². The van der Waals surface area contributed by atoms with Gasteiger partial charge in [-0.05, 0) is 44.0 Å². The van der Waals surface area contributed by atoms with Crippen LogP contribution in [0.5, 0.6) is 5.75 Å². The van der Waals surface area contributed by atoms with E-state index in [1.54, 1.807) is 6.07 Å². The third-order valence-electron chi connectivity index (χ3n) is 2.44. The maximum absolute atomic E-state index is 13.3. The minimum atomic E-state index is -0.276. The lowest BCUT2D eigenvalue weighted by atomic mass is 10.2. The molecule has 0 bridgehead atoms. The van der Waals surface area contributed by atoms with Crippen LogP contribution >= 0.6 is 0 Å². The first-order valence-electron chi connectivity index (χ1n) is 5.83. The summed E-state index contributed by atoms with van der Waals surface area (Å²) in [7, 11) is 0. The summed E-state index contributed by atoms with van der Waals surface area (Å²) in [6, 6.07) is 5.03. The maximum atomic E-state index is 13.3. The van der Waals surface area contributed by atoms with Crippen molar-refractivity contribution >= 4 is 0 Å². The Morgan fingerprint density at radius 2 is 1.94 bits per heavy atom. The maximum Gasteiger partial charge on any atom is 0.165 e. The van der Waals surface area contributed by atoms with Crippen molar-refractivity contribution in [1.29, 1.82) is 0 Å². The van der Waals surface area contributed by atoms with E-state index in [0.29, 0.717) is 12.4 Å². The van der Waals surface area contributed by atoms with E-state index in [1.165, 1.54) is 6.07 Å². The summed E-state index contributed by atoms with van der Waals surface area (Å²) in [5.74, 6) is 0.0754. The molecule has 0 aromatic heterocycles. The van der Waals surface area contributed by atoms with Crippen molar-refractivity contribution in [2.75, 3.05) is 13.2 Å². The molecule has 0 radical (unpaired) electrons. The molecule has 0 atom stereocenters. The lowest BCUT2D eigenvalue weighted by Gasteiger charge is -2.07. The first-order valence-corrected chi connectivity index (χ1v) is 5.83. The van der Waals surface area contributed by atoms with Crippen LogP contribution in [0.25, 0.3) is 0 Å². The first-order chi connectivity index (χ1) is 7.74. The Morgan fingerprint density at radius 3 is 2.62 bits per heavy atom. The zero-order valence-electron chi connectivity index (χ0n) is 9.84. The molecular weight excluding hydrogens is 205 g/mol. The highest BCUT2D eigenvalue weighted by Crippen LogP contribution is 2.18. The lowest BCUT2D eigenvalue weighted by Crippen LogP contribution is -2.01. The topological polar surface area (TPSA) is 35.2 Å². The second-order valence-electron chi connectivity index (χ2n) is 3.99. The van der Waals surface area contributed by atoms with E-state index in [9.17, 15) is 4.39 Å². The van der Waals surface area contributed by atoms with Gasteiger partial charge in [-0.15, -0.1) is 0 Å². The molecule has 0 aliphatic heterocycles. The van der Waals surface area contributed by atoms with Crippen LogP contribution < -0.4 is 10.5 Å². The van der Waals surface area contributed by atoms with Crippen LogP contribution in [0.1, 0.15) is 31.2 Å². The standard InChI is InChI=1S/C13H20FNO/c1-11-6-7-13(12(14)10-11)16-9-5-3-2-4-8-15/h6-7,10H,2-5,8-9,15H2,1H3. The van der Waals surface area contributed by atoms with E-state index in [0.717, 1.165) is 37.8 Å². The molecule has 0 saturated heterocycles. The SMILES string of the molecule is Cc1ccc(OCCCCCCN)c(F)c1. The zero-order valence-corrected chi connectivity index (χ0v) is 9.84. The van der Waals surface area contributed by atoms with Gasteiger partial charge in [-0.1, -0.05) is 18.9 Å². The van der Waals surface area contributed by atoms with Gasteiger partial charge in [-0.25, -0.2) is 4.39 Å². The van der Waals surface area contributed by atoms with Crippen molar-refractivity contribution in [2.24, 2.45) is 5.73 Å². The van der Waals surface area contributed by atoms with Crippen molar-refractivity contribution in [1.82, 2.24) is 0 Å². The Balaban J connectivity index is 2.21. The highest BCUT2D eigenvalue weighted by molar-refractivity contribution is 5.28. The average molecular weight is 225 g/mol. The van der Waals surface area contributed by atoms with Gasteiger partial charge in [0.1, 0.15) is 0 Å². The number of nitrogens with two attached hydrogens (primary N) is 1. The molecule has 16 heavy (non-hydrogen) atoms. The van der Waals surface area contributed by atoms with E-state index < -0.39 is 0 Å². The predicted molar refractivity (Wildman–Crippen MR) is 64.2 cm³/mol. The molecule has 90 valence electrons. The van der Waals surface area contributed by atoms with Crippen molar-refractivity contribution in [2.45, 2.75) is 32.6 Å². The molecule has 1 rings (SSSR count). The fourth-order valence-corrected chi connectivity index (χ4v) is 1.51. The first kappa shape index (κ1) is 13.0. The van der Waals surface area contributed by atoms with Gasteiger partial charge in [0.15, 0.2) is 11.6 Å². The second kappa shape index (κ2) is 7.23. The van der Waals surface area contributed by atoms with E-state index >= 15 is 0 Å². The number of ether oxygens (including phenoxy) is 1. The molecule has 0 amide bonds. The van der Waals surface area contributed by atoms with Crippen molar-refractivity contribution in [3.63, 3.8) is 0 Å². The molecule has 3 heteroatoms. The van der Waals surface area contributed by atoms with Gasteiger partial charge in [0.2, 0.25) is 0 Å². The number of unbranched alkanes of at least 4 members (excludes halogenated alkanes) is 3. The average Bonchev–Trinajstić information content (AvgIpc) is 2.26. The fourth-order valence-electron chi connectivity index (χ4n) is 1.51.